The van der Waals surface area contributed by atoms with Crippen molar-refractivity contribution in [1.82, 2.24) is 15.1 Å². The summed E-state index contributed by atoms with van der Waals surface area (Å²) in [5, 5.41) is 3.08. The lowest BCUT2D eigenvalue weighted by molar-refractivity contribution is -0.139. The van der Waals surface area contributed by atoms with E-state index in [2.05, 4.69) is 36.0 Å². The number of piperazine rings is 1. The molecule has 2 amide bonds. The second-order valence-corrected chi connectivity index (χ2v) is 10.7. The third kappa shape index (κ3) is 4.23. The summed E-state index contributed by atoms with van der Waals surface area (Å²) < 4.78 is 11.1. The van der Waals surface area contributed by atoms with Crippen molar-refractivity contribution in [3.05, 3.63) is 29.8 Å². The van der Waals surface area contributed by atoms with E-state index in [1.807, 2.05) is 24.3 Å². The number of carbonyl (C=O) groups excluding carboxylic acids is 3. The van der Waals surface area contributed by atoms with E-state index in [4.69, 9.17) is 9.47 Å². The SMILES string of the molecule is CO[C@@H]1CN(C(=O)C2(NC(=O)c3ccc(N4CCN(C)CC4)cc3)CC2C(C)C)[C@@H]2C(=O)CO[C@@H]21. The molecule has 0 radical (unpaired) electrons. The number of ether oxygens (including phenoxy) is 2. The highest BCUT2D eigenvalue weighted by atomic mass is 16.5. The van der Waals surface area contributed by atoms with Crippen LogP contribution in [0.1, 0.15) is 30.6 Å². The van der Waals surface area contributed by atoms with Crippen LogP contribution in [0.3, 0.4) is 0 Å². The molecule has 0 spiro atoms. The fraction of sp³-hybridized carbons (Fsp3) is 0.654. The molecule has 3 saturated heterocycles. The van der Waals surface area contributed by atoms with Gasteiger partial charge in [0.25, 0.3) is 5.91 Å². The van der Waals surface area contributed by atoms with Crippen molar-refractivity contribution in [1.29, 1.82) is 0 Å². The van der Waals surface area contributed by atoms with Gasteiger partial charge in [-0.25, -0.2) is 0 Å². The molecular weight excluding hydrogens is 448 g/mol. The molecule has 5 atom stereocenters. The highest BCUT2D eigenvalue weighted by Gasteiger charge is 2.66. The van der Waals surface area contributed by atoms with Crippen LogP contribution in [0.25, 0.3) is 0 Å². The number of benzene rings is 1. The van der Waals surface area contributed by atoms with E-state index < -0.39 is 17.7 Å². The summed E-state index contributed by atoms with van der Waals surface area (Å²) >= 11 is 0. The lowest BCUT2D eigenvalue weighted by Crippen LogP contribution is -2.55. The summed E-state index contributed by atoms with van der Waals surface area (Å²) in [5.74, 6) is -0.343. The zero-order chi connectivity index (χ0) is 24.9. The Labute approximate surface area is 206 Å². The minimum absolute atomic E-state index is 0.00834. The average molecular weight is 485 g/mol. The zero-order valence-electron chi connectivity index (χ0n) is 21.0. The standard InChI is InChI=1S/C26H36N4O5/c1-16(2)19-13-26(19,25(33)30-14-21(34-4)23-22(30)20(31)15-35-23)27-24(32)17-5-7-18(8-6-17)29-11-9-28(3)10-12-29/h5-8,16,19,21-23H,9-15H2,1-4H3,(H,27,32)/t19?,21-,22-,23-,26?/m1/s1. The first-order valence-corrected chi connectivity index (χ1v) is 12.6. The number of ketones is 1. The molecule has 1 aliphatic carbocycles. The van der Waals surface area contributed by atoms with Crippen LogP contribution in [0.15, 0.2) is 24.3 Å². The van der Waals surface area contributed by atoms with Crippen molar-refractivity contribution in [2.75, 3.05) is 58.4 Å². The molecule has 4 fully saturated rings. The number of methoxy groups -OCH3 is 1. The highest BCUT2D eigenvalue weighted by Crippen LogP contribution is 2.51. The highest BCUT2D eigenvalue weighted by molar-refractivity contribution is 6.03. The van der Waals surface area contributed by atoms with E-state index in [-0.39, 0.29) is 42.1 Å². The summed E-state index contributed by atoms with van der Waals surface area (Å²) in [6, 6.07) is 6.97. The lowest BCUT2D eigenvalue weighted by atomic mass is 10.0. The molecule has 1 saturated carbocycles. The van der Waals surface area contributed by atoms with E-state index in [9.17, 15) is 14.4 Å². The van der Waals surface area contributed by atoms with Gasteiger partial charge >= 0.3 is 0 Å². The van der Waals surface area contributed by atoms with Crippen LogP contribution < -0.4 is 10.2 Å². The quantitative estimate of drug-likeness (QED) is 0.638. The van der Waals surface area contributed by atoms with Gasteiger partial charge in [-0.05, 0) is 49.6 Å². The van der Waals surface area contributed by atoms with Crippen molar-refractivity contribution in [2.24, 2.45) is 11.8 Å². The second kappa shape index (κ2) is 9.19. The molecule has 5 rings (SSSR count). The molecule has 3 aliphatic heterocycles. The Morgan fingerprint density at radius 3 is 2.43 bits per heavy atom. The van der Waals surface area contributed by atoms with E-state index in [1.165, 1.54) is 0 Å². The monoisotopic (exact) mass is 484 g/mol. The topological polar surface area (TPSA) is 91.4 Å². The number of amides is 2. The molecule has 9 heteroatoms. The molecule has 2 unspecified atom stereocenters. The van der Waals surface area contributed by atoms with Crippen molar-refractivity contribution in [3.8, 4) is 0 Å². The van der Waals surface area contributed by atoms with Crippen LogP contribution >= 0.6 is 0 Å². The fourth-order valence-corrected chi connectivity index (χ4v) is 5.98. The second-order valence-electron chi connectivity index (χ2n) is 10.7. The molecule has 0 aromatic heterocycles. The van der Waals surface area contributed by atoms with Gasteiger partial charge in [0.05, 0.1) is 6.54 Å². The maximum atomic E-state index is 13.9. The molecular formula is C26H36N4O5. The molecule has 35 heavy (non-hydrogen) atoms. The van der Waals surface area contributed by atoms with Gasteiger partial charge in [-0.15, -0.1) is 0 Å². The van der Waals surface area contributed by atoms with E-state index in [0.29, 0.717) is 18.5 Å². The largest absolute Gasteiger partial charge is 0.377 e. The normalized spacial score (nSPS) is 32.8. The van der Waals surface area contributed by atoms with Crippen LogP contribution in [-0.2, 0) is 19.1 Å². The predicted octanol–water partition coefficient (Wildman–Crippen LogP) is 0.777. The Hall–Kier alpha value is -2.49. The molecule has 0 bridgehead atoms. The molecule has 1 aromatic carbocycles. The number of hydrogen-bond acceptors (Lipinski definition) is 7. The Morgan fingerprint density at radius 1 is 1.14 bits per heavy atom. The van der Waals surface area contributed by atoms with Crippen LogP contribution in [0.2, 0.25) is 0 Å². The molecule has 3 heterocycles. The number of hydrogen-bond donors (Lipinski definition) is 1. The summed E-state index contributed by atoms with van der Waals surface area (Å²) in [7, 11) is 3.69. The third-order valence-electron chi connectivity index (χ3n) is 8.24. The van der Waals surface area contributed by atoms with E-state index in [1.54, 1.807) is 12.0 Å². The van der Waals surface area contributed by atoms with Gasteiger partial charge in [0.2, 0.25) is 5.91 Å². The van der Waals surface area contributed by atoms with Crippen molar-refractivity contribution >= 4 is 23.3 Å². The summed E-state index contributed by atoms with van der Waals surface area (Å²) in [6.07, 6.45) is -0.223. The van der Waals surface area contributed by atoms with Gasteiger partial charge in [0, 0.05) is 44.5 Å². The van der Waals surface area contributed by atoms with Gasteiger partial charge < -0.3 is 29.5 Å². The van der Waals surface area contributed by atoms with Crippen LogP contribution in [-0.4, -0.2) is 105 Å². The molecule has 190 valence electrons. The Bertz CT molecular complexity index is 990. The Kier molecular flexibility index (Phi) is 6.35. The molecule has 1 aromatic rings. The van der Waals surface area contributed by atoms with Gasteiger partial charge in [-0.1, -0.05) is 13.8 Å². The third-order valence-corrected chi connectivity index (χ3v) is 8.24. The number of Topliss-reactive ketones (excluding diaryl/α,β-unsaturated/α-hetero) is 1. The minimum Gasteiger partial charge on any atom is -0.377 e. The van der Waals surface area contributed by atoms with Crippen LogP contribution in [0.4, 0.5) is 5.69 Å². The first kappa shape index (κ1) is 24.2. The van der Waals surface area contributed by atoms with Crippen molar-refractivity contribution < 1.29 is 23.9 Å². The first-order chi connectivity index (χ1) is 16.7. The number of fused-ring (bicyclic) bond motifs is 1. The Morgan fingerprint density at radius 2 is 1.83 bits per heavy atom. The predicted molar refractivity (Wildman–Crippen MR) is 130 cm³/mol. The number of rotatable bonds is 6. The lowest BCUT2D eigenvalue weighted by Gasteiger charge is -2.34. The molecule has 9 nitrogen and oxygen atoms in total. The Balaban J connectivity index is 1.32. The summed E-state index contributed by atoms with van der Waals surface area (Å²) in [6.45, 7) is 8.34. The van der Waals surface area contributed by atoms with Crippen molar-refractivity contribution in [2.45, 2.75) is 44.1 Å². The van der Waals surface area contributed by atoms with E-state index >= 15 is 0 Å². The molecule has 1 N–H and O–H groups in total. The number of nitrogens with zero attached hydrogens (tertiary/aromatic N) is 3. The van der Waals surface area contributed by atoms with Gasteiger partial charge in [-0.3, -0.25) is 14.4 Å². The van der Waals surface area contributed by atoms with Gasteiger partial charge in [-0.2, -0.15) is 0 Å². The van der Waals surface area contributed by atoms with E-state index in [0.717, 1.165) is 31.9 Å². The fourth-order valence-electron chi connectivity index (χ4n) is 5.98. The number of likely N-dealkylation sites (tertiary alicyclic amines) is 1. The number of carbonyl (C=O) groups is 3. The van der Waals surface area contributed by atoms with Crippen LogP contribution in [0.5, 0.6) is 0 Å². The number of nitrogens with one attached hydrogen (secondary N) is 1. The first-order valence-electron chi connectivity index (χ1n) is 12.6. The van der Waals surface area contributed by atoms with Crippen LogP contribution in [0, 0.1) is 11.8 Å². The van der Waals surface area contributed by atoms with Gasteiger partial charge in [0.15, 0.2) is 5.78 Å². The summed E-state index contributed by atoms with van der Waals surface area (Å²) in [4.78, 5) is 46.0. The molecule has 4 aliphatic rings. The smallest absolute Gasteiger partial charge is 0.252 e. The van der Waals surface area contributed by atoms with Gasteiger partial charge in [0.1, 0.15) is 30.4 Å². The zero-order valence-corrected chi connectivity index (χ0v) is 21.0. The summed E-state index contributed by atoms with van der Waals surface area (Å²) in [5.41, 5.74) is 0.622. The maximum Gasteiger partial charge on any atom is 0.252 e. The maximum absolute atomic E-state index is 13.9. The minimum atomic E-state index is -1.00. The number of anilines is 1. The van der Waals surface area contributed by atoms with Crippen molar-refractivity contribution in [3.63, 3.8) is 0 Å². The average Bonchev–Trinajstić information content (AvgIpc) is 3.29. The number of likely N-dealkylation sites (N-methyl/N-ethyl adjacent to an activating group) is 1.